The maximum Gasteiger partial charge on any atom is 0.325 e. The second-order valence-corrected chi connectivity index (χ2v) is 8.00. The third-order valence-electron chi connectivity index (χ3n) is 6.17. The molecule has 8 nitrogen and oxygen atoms in total. The molecule has 0 bridgehead atoms. The molecule has 0 radical (unpaired) electrons. The molecule has 0 saturated carbocycles. The van der Waals surface area contributed by atoms with Crippen molar-refractivity contribution < 1.29 is 18.8 Å². The first-order chi connectivity index (χ1) is 14.9. The molecule has 0 spiro atoms. The second-order valence-electron chi connectivity index (χ2n) is 8.00. The summed E-state index contributed by atoms with van der Waals surface area (Å²) in [5.74, 6) is -0.199. The van der Waals surface area contributed by atoms with Gasteiger partial charge in [-0.15, -0.1) is 0 Å². The van der Waals surface area contributed by atoms with Crippen LogP contribution < -0.4 is 5.32 Å². The summed E-state index contributed by atoms with van der Waals surface area (Å²) in [4.78, 5) is 39.6. The quantitative estimate of drug-likeness (QED) is 0.722. The summed E-state index contributed by atoms with van der Waals surface area (Å²) in [5, 5.41) is 8.66. The van der Waals surface area contributed by atoms with Crippen LogP contribution in [0.4, 0.5) is 4.79 Å². The van der Waals surface area contributed by atoms with E-state index in [2.05, 4.69) is 10.4 Å². The zero-order valence-electron chi connectivity index (χ0n) is 17.9. The molecule has 1 aromatic heterocycles. The molecule has 3 heterocycles. The van der Waals surface area contributed by atoms with E-state index in [4.69, 9.17) is 4.42 Å². The minimum Gasteiger partial charge on any atom is -0.467 e. The molecule has 1 fully saturated rings. The first-order valence-electron chi connectivity index (χ1n) is 10.5. The van der Waals surface area contributed by atoms with Crippen LogP contribution in [0.2, 0.25) is 0 Å². The largest absolute Gasteiger partial charge is 0.467 e. The van der Waals surface area contributed by atoms with Crippen LogP contribution >= 0.6 is 0 Å². The van der Waals surface area contributed by atoms with Gasteiger partial charge in [0.25, 0.3) is 11.8 Å². The monoisotopic (exact) mass is 422 g/mol. The van der Waals surface area contributed by atoms with E-state index < -0.39 is 23.5 Å². The van der Waals surface area contributed by atoms with Crippen molar-refractivity contribution in [3.05, 3.63) is 59.5 Å². The third-order valence-corrected chi connectivity index (χ3v) is 6.17. The summed E-state index contributed by atoms with van der Waals surface area (Å²) in [5.41, 5.74) is 1.86. The summed E-state index contributed by atoms with van der Waals surface area (Å²) in [7, 11) is 0. The number of hydrazone groups is 1. The highest BCUT2D eigenvalue weighted by molar-refractivity contribution is 6.09. The van der Waals surface area contributed by atoms with E-state index in [1.165, 1.54) is 5.01 Å². The Bertz CT molecular complexity index is 1020. The molecule has 8 heteroatoms. The van der Waals surface area contributed by atoms with E-state index in [1.54, 1.807) is 18.4 Å². The maximum atomic E-state index is 13.2. The average Bonchev–Trinajstić information content (AvgIpc) is 3.49. The Hall–Kier alpha value is -3.42. The predicted octanol–water partition coefficient (Wildman–Crippen LogP) is 3.38. The van der Waals surface area contributed by atoms with Crippen molar-refractivity contribution in [1.82, 2.24) is 15.2 Å². The lowest BCUT2D eigenvalue weighted by Crippen LogP contribution is -2.46. The summed E-state index contributed by atoms with van der Waals surface area (Å²) >= 11 is 0. The number of carbonyl (C=O) groups is 3. The van der Waals surface area contributed by atoms with Crippen LogP contribution in [0.3, 0.4) is 0 Å². The molecule has 162 valence electrons. The fourth-order valence-electron chi connectivity index (χ4n) is 4.12. The number of nitrogens with one attached hydrogen (secondary N) is 1. The van der Waals surface area contributed by atoms with Gasteiger partial charge in [-0.25, -0.2) is 9.80 Å². The molecule has 1 aromatic carbocycles. The molecular formula is C23H26N4O4. The number of hydrogen-bond acceptors (Lipinski definition) is 5. The molecule has 0 unspecified atom stereocenters. The smallest absolute Gasteiger partial charge is 0.325 e. The van der Waals surface area contributed by atoms with Gasteiger partial charge in [0.2, 0.25) is 0 Å². The highest BCUT2D eigenvalue weighted by atomic mass is 16.3. The van der Waals surface area contributed by atoms with Crippen LogP contribution in [0, 0.1) is 6.92 Å². The highest BCUT2D eigenvalue weighted by Gasteiger charge is 2.50. The van der Waals surface area contributed by atoms with Gasteiger partial charge in [-0.2, -0.15) is 5.10 Å². The van der Waals surface area contributed by atoms with Gasteiger partial charge in [-0.1, -0.05) is 43.7 Å². The number of furan rings is 1. The minimum absolute atomic E-state index is 0.367. The fourth-order valence-corrected chi connectivity index (χ4v) is 4.12. The van der Waals surface area contributed by atoms with E-state index in [1.807, 2.05) is 45.0 Å². The number of amides is 4. The van der Waals surface area contributed by atoms with Crippen molar-refractivity contribution in [2.24, 2.45) is 5.10 Å². The molecule has 1 saturated heterocycles. The predicted molar refractivity (Wildman–Crippen MR) is 114 cm³/mol. The van der Waals surface area contributed by atoms with Crippen molar-refractivity contribution >= 4 is 23.6 Å². The Morgan fingerprint density at radius 1 is 1.19 bits per heavy atom. The topological polar surface area (TPSA) is 95.2 Å². The van der Waals surface area contributed by atoms with Gasteiger partial charge in [-0.3, -0.25) is 14.5 Å². The highest BCUT2D eigenvalue weighted by Crippen LogP contribution is 2.34. The number of benzene rings is 1. The van der Waals surface area contributed by atoms with Crippen molar-refractivity contribution in [2.45, 2.75) is 51.6 Å². The summed E-state index contributed by atoms with van der Waals surface area (Å²) < 4.78 is 5.55. The molecule has 1 atom stereocenters. The maximum absolute atomic E-state index is 13.2. The molecule has 2 aliphatic heterocycles. The first-order valence-corrected chi connectivity index (χ1v) is 10.5. The van der Waals surface area contributed by atoms with Gasteiger partial charge < -0.3 is 9.73 Å². The van der Waals surface area contributed by atoms with Gasteiger partial charge in [0.15, 0.2) is 0 Å². The molecular weight excluding hydrogens is 396 g/mol. The lowest BCUT2D eigenvalue weighted by molar-refractivity contribution is -0.140. The molecule has 2 aromatic rings. The number of rotatable bonds is 6. The number of urea groups is 1. The number of carbonyl (C=O) groups excluding carboxylic acids is 3. The van der Waals surface area contributed by atoms with Gasteiger partial charge in [-0.05, 0) is 37.5 Å². The molecule has 4 rings (SSSR count). The third kappa shape index (κ3) is 3.62. The van der Waals surface area contributed by atoms with Gasteiger partial charge >= 0.3 is 6.03 Å². The van der Waals surface area contributed by atoms with E-state index in [-0.39, 0.29) is 12.5 Å². The van der Waals surface area contributed by atoms with Crippen molar-refractivity contribution in [3.8, 4) is 0 Å². The average molecular weight is 422 g/mol. The van der Waals surface area contributed by atoms with E-state index in [9.17, 15) is 14.4 Å². The molecule has 4 amide bonds. The molecule has 31 heavy (non-hydrogen) atoms. The van der Waals surface area contributed by atoms with Crippen LogP contribution in [0.1, 0.15) is 56.0 Å². The summed E-state index contributed by atoms with van der Waals surface area (Å²) in [6.45, 7) is 5.33. The zero-order chi connectivity index (χ0) is 22.2. The Labute approximate surface area is 180 Å². The Balaban J connectivity index is 1.60. The van der Waals surface area contributed by atoms with Crippen molar-refractivity contribution in [3.63, 3.8) is 0 Å². The second kappa shape index (κ2) is 8.02. The lowest BCUT2D eigenvalue weighted by atomic mass is 9.93. The van der Waals surface area contributed by atoms with Crippen LogP contribution in [-0.2, 0) is 9.59 Å². The first kappa shape index (κ1) is 20.8. The SMILES string of the molecule is CCC1(CC)NC(=O)N(CC(=O)N2N=C(c3ccc(C)cc3)C[C@@H]2c2ccco2)C1=O. The number of nitrogens with zero attached hydrogens (tertiary/aromatic N) is 3. The van der Waals surface area contributed by atoms with Crippen LogP contribution in [0.25, 0.3) is 0 Å². The normalized spacial score (nSPS) is 20.2. The number of aryl methyl sites for hydroxylation is 1. The van der Waals surface area contributed by atoms with Gasteiger partial charge in [0, 0.05) is 6.42 Å². The Morgan fingerprint density at radius 2 is 1.90 bits per heavy atom. The molecule has 0 aliphatic carbocycles. The summed E-state index contributed by atoms with van der Waals surface area (Å²) in [6, 6.07) is 10.5. The Kier molecular flexibility index (Phi) is 5.39. The zero-order valence-corrected chi connectivity index (χ0v) is 17.9. The minimum atomic E-state index is -0.945. The van der Waals surface area contributed by atoms with Crippen molar-refractivity contribution in [1.29, 1.82) is 0 Å². The molecule has 1 N–H and O–H groups in total. The van der Waals surface area contributed by atoms with Gasteiger partial charge in [0.05, 0.1) is 12.0 Å². The van der Waals surface area contributed by atoms with E-state index in [0.29, 0.717) is 25.0 Å². The Morgan fingerprint density at radius 3 is 2.48 bits per heavy atom. The number of imide groups is 1. The number of hydrogen-bond donors (Lipinski definition) is 1. The van der Waals surface area contributed by atoms with Crippen molar-refractivity contribution in [2.75, 3.05) is 6.54 Å². The standard InChI is InChI=1S/C23H26N4O4/c1-4-23(5-2)21(29)26(22(30)24-23)14-20(28)27-18(19-7-6-12-31-19)13-17(25-27)16-10-8-15(3)9-11-16/h6-12,18H,4-5,13-14H2,1-3H3,(H,24,30)/t18-/m1/s1. The van der Waals surface area contributed by atoms with Crippen LogP contribution in [0.5, 0.6) is 0 Å². The van der Waals surface area contributed by atoms with E-state index in [0.717, 1.165) is 21.7 Å². The van der Waals surface area contributed by atoms with Crippen LogP contribution in [-0.4, -0.2) is 45.5 Å². The molecule has 2 aliphatic rings. The lowest BCUT2D eigenvalue weighted by Gasteiger charge is -2.24. The fraction of sp³-hybridized carbons (Fsp3) is 0.391. The summed E-state index contributed by atoms with van der Waals surface area (Å²) in [6.07, 6.45) is 2.97. The van der Waals surface area contributed by atoms with Crippen LogP contribution in [0.15, 0.2) is 52.2 Å². The van der Waals surface area contributed by atoms with E-state index >= 15 is 0 Å². The van der Waals surface area contributed by atoms with Gasteiger partial charge in [0.1, 0.15) is 23.9 Å².